The Morgan fingerprint density at radius 1 is 0.955 bits per heavy atom. The second-order valence-electron chi connectivity index (χ2n) is 5.41. The van der Waals surface area contributed by atoms with Crippen molar-refractivity contribution >= 4 is 11.6 Å². The maximum absolute atomic E-state index is 12.9. The number of para-hydroxylation sites is 1. The van der Waals surface area contributed by atoms with E-state index in [1.807, 2.05) is 24.3 Å². The summed E-state index contributed by atoms with van der Waals surface area (Å²) in [6, 6.07) is 12.7. The predicted octanol–water partition coefficient (Wildman–Crippen LogP) is 4.06. The topological polar surface area (TPSA) is 29.1 Å². The van der Waals surface area contributed by atoms with Crippen LogP contribution in [-0.4, -0.2) is 5.91 Å². The van der Waals surface area contributed by atoms with E-state index in [4.69, 9.17) is 0 Å². The fourth-order valence-electron chi connectivity index (χ4n) is 2.82. The molecule has 2 nitrogen and oxygen atoms in total. The number of hydrogen-bond acceptors (Lipinski definition) is 1. The highest BCUT2D eigenvalue weighted by atomic mass is 19.4. The summed E-state index contributed by atoms with van der Waals surface area (Å²) in [5.74, 6) is -0.688. The summed E-state index contributed by atoms with van der Waals surface area (Å²) in [5, 5.41) is 2.43. The lowest BCUT2D eigenvalue weighted by atomic mass is 10.0. The van der Waals surface area contributed by atoms with Gasteiger partial charge in [-0.3, -0.25) is 4.79 Å². The van der Waals surface area contributed by atoms with Gasteiger partial charge in [0, 0.05) is 5.92 Å². The zero-order chi connectivity index (χ0) is 15.7. The van der Waals surface area contributed by atoms with Crippen LogP contribution in [0.5, 0.6) is 0 Å². The molecule has 0 radical (unpaired) electrons. The molecule has 0 bridgehead atoms. The molecule has 0 aromatic heterocycles. The van der Waals surface area contributed by atoms with Crippen LogP contribution in [0.1, 0.15) is 16.7 Å². The minimum atomic E-state index is -4.48. The van der Waals surface area contributed by atoms with Crippen LogP contribution in [-0.2, 0) is 23.8 Å². The maximum Gasteiger partial charge on any atom is 0.418 e. The number of nitrogens with one attached hydrogen (secondary N) is 1. The molecule has 0 spiro atoms. The summed E-state index contributed by atoms with van der Waals surface area (Å²) in [5.41, 5.74) is 1.17. The zero-order valence-electron chi connectivity index (χ0n) is 11.7. The van der Waals surface area contributed by atoms with Gasteiger partial charge in [-0.05, 0) is 36.1 Å². The number of benzene rings is 2. The van der Waals surface area contributed by atoms with Gasteiger partial charge in [0.25, 0.3) is 0 Å². The van der Waals surface area contributed by atoms with E-state index in [9.17, 15) is 18.0 Å². The van der Waals surface area contributed by atoms with Gasteiger partial charge in [-0.15, -0.1) is 0 Å². The summed E-state index contributed by atoms with van der Waals surface area (Å²) >= 11 is 0. The van der Waals surface area contributed by atoms with Gasteiger partial charge in [0.1, 0.15) is 0 Å². The molecular formula is C17H14F3NO. The highest BCUT2D eigenvalue weighted by molar-refractivity contribution is 5.94. The molecule has 0 aliphatic heterocycles. The fourth-order valence-corrected chi connectivity index (χ4v) is 2.82. The fraction of sp³-hybridized carbons (Fsp3) is 0.235. The molecule has 1 aliphatic rings. The van der Waals surface area contributed by atoms with Gasteiger partial charge < -0.3 is 5.32 Å². The maximum atomic E-state index is 12.9. The Labute approximate surface area is 126 Å². The second kappa shape index (κ2) is 5.48. The number of halogens is 3. The van der Waals surface area contributed by atoms with Crippen LogP contribution >= 0.6 is 0 Å². The minimum Gasteiger partial charge on any atom is -0.325 e. The van der Waals surface area contributed by atoms with Crippen LogP contribution in [0.25, 0.3) is 0 Å². The number of amides is 1. The van der Waals surface area contributed by atoms with Crippen LogP contribution in [0, 0.1) is 5.92 Å². The lowest BCUT2D eigenvalue weighted by molar-refractivity contribution is -0.137. The largest absolute Gasteiger partial charge is 0.418 e. The van der Waals surface area contributed by atoms with Crippen LogP contribution in [0.15, 0.2) is 48.5 Å². The third-order valence-corrected chi connectivity index (χ3v) is 3.91. The van der Waals surface area contributed by atoms with E-state index < -0.39 is 11.7 Å². The van der Waals surface area contributed by atoms with E-state index in [1.165, 1.54) is 18.2 Å². The van der Waals surface area contributed by atoms with Gasteiger partial charge in [0.05, 0.1) is 11.3 Å². The first-order valence-corrected chi connectivity index (χ1v) is 6.99. The quantitative estimate of drug-likeness (QED) is 0.890. The number of carbonyl (C=O) groups excluding carboxylic acids is 1. The number of fused-ring (bicyclic) bond motifs is 1. The minimum absolute atomic E-state index is 0.184. The van der Waals surface area contributed by atoms with Gasteiger partial charge in [0.2, 0.25) is 5.91 Å². The molecule has 0 heterocycles. The SMILES string of the molecule is O=C(Nc1ccccc1C(F)(F)F)C1Cc2ccccc2C1. The molecular weight excluding hydrogens is 291 g/mol. The van der Waals surface area contributed by atoms with Crippen molar-refractivity contribution in [3.8, 4) is 0 Å². The highest BCUT2D eigenvalue weighted by Crippen LogP contribution is 2.35. The molecule has 0 saturated carbocycles. The summed E-state index contributed by atoms with van der Waals surface area (Å²) in [4.78, 5) is 12.3. The Morgan fingerprint density at radius 3 is 2.09 bits per heavy atom. The molecule has 22 heavy (non-hydrogen) atoms. The summed E-state index contributed by atoms with van der Waals surface area (Å²) in [7, 11) is 0. The zero-order valence-corrected chi connectivity index (χ0v) is 11.7. The molecule has 1 amide bonds. The van der Waals surface area contributed by atoms with Crippen LogP contribution in [0.4, 0.5) is 18.9 Å². The molecule has 0 atom stereocenters. The van der Waals surface area contributed by atoms with Crippen LogP contribution in [0.3, 0.4) is 0 Å². The lowest BCUT2D eigenvalue weighted by Gasteiger charge is -2.15. The average Bonchev–Trinajstić information content (AvgIpc) is 2.90. The van der Waals surface area contributed by atoms with E-state index in [2.05, 4.69) is 5.32 Å². The molecule has 1 aliphatic carbocycles. The van der Waals surface area contributed by atoms with Crippen molar-refractivity contribution in [3.63, 3.8) is 0 Å². The van der Waals surface area contributed by atoms with Crippen molar-refractivity contribution in [1.82, 2.24) is 0 Å². The molecule has 0 saturated heterocycles. The Kier molecular flexibility index (Phi) is 3.64. The van der Waals surface area contributed by atoms with E-state index in [-0.39, 0.29) is 17.5 Å². The summed E-state index contributed by atoms with van der Waals surface area (Å²) in [6.07, 6.45) is -3.35. The standard InChI is InChI=1S/C17H14F3NO/c18-17(19,20)14-7-3-4-8-15(14)21-16(22)13-9-11-5-1-2-6-12(11)10-13/h1-8,13H,9-10H2,(H,21,22). The molecule has 0 unspecified atom stereocenters. The molecule has 114 valence electrons. The molecule has 0 fully saturated rings. The monoisotopic (exact) mass is 305 g/mol. The first-order valence-electron chi connectivity index (χ1n) is 6.99. The van der Waals surface area contributed by atoms with Gasteiger partial charge in [-0.25, -0.2) is 0 Å². The third kappa shape index (κ3) is 2.84. The summed E-state index contributed by atoms with van der Waals surface area (Å²) < 4.78 is 38.8. The van der Waals surface area contributed by atoms with Crippen LogP contribution in [0.2, 0.25) is 0 Å². The summed E-state index contributed by atoms with van der Waals surface area (Å²) in [6.45, 7) is 0. The smallest absolute Gasteiger partial charge is 0.325 e. The van der Waals surface area contributed by atoms with Crippen molar-refractivity contribution < 1.29 is 18.0 Å². The van der Waals surface area contributed by atoms with Crippen molar-refractivity contribution in [3.05, 3.63) is 65.2 Å². The Balaban J connectivity index is 1.77. The van der Waals surface area contributed by atoms with Gasteiger partial charge in [0.15, 0.2) is 0 Å². The number of carbonyl (C=O) groups is 1. The van der Waals surface area contributed by atoms with E-state index in [0.29, 0.717) is 12.8 Å². The van der Waals surface area contributed by atoms with Crippen molar-refractivity contribution in [2.24, 2.45) is 5.92 Å². The first-order chi connectivity index (χ1) is 10.4. The molecule has 1 N–H and O–H groups in total. The van der Waals surface area contributed by atoms with Crippen molar-refractivity contribution in [2.45, 2.75) is 19.0 Å². The van der Waals surface area contributed by atoms with Crippen LogP contribution < -0.4 is 5.32 Å². The van der Waals surface area contributed by atoms with E-state index in [1.54, 1.807) is 0 Å². The van der Waals surface area contributed by atoms with Crippen molar-refractivity contribution in [1.29, 1.82) is 0 Å². The Bertz CT molecular complexity index is 684. The molecule has 3 rings (SSSR count). The number of hydrogen-bond donors (Lipinski definition) is 1. The molecule has 2 aromatic carbocycles. The predicted molar refractivity (Wildman–Crippen MR) is 77.4 cm³/mol. The van der Waals surface area contributed by atoms with Gasteiger partial charge in [-0.1, -0.05) is 36.4 Å². The highest BCUT2D eigenvalue weighted by Gasteiger charge is 2.34. The first kappa shape index (κ1) is 14.6. The van der Waals surface area contributed by atoms with Gasteiger partial charge >= 0.3 is 6.18 Å². The number of alkyl halides is 3. The molecule has 2 aromatic rings. The average molecular weight is 305 g/mol. The normalized spacial score (nSPS) is 14.7. The second-order valence-corrected chi connectivity index (χ2v) is 5.41. The Hall–Kier alpha value is -2.30. The number of rotatable bonds is 2. The van der Waals surface area contributed by atoms with Crippen molar-refractivity contribution in [2.75, 3.05) is 5.32 Å². The third-order valence-electron chi connectivity index (χ3n) is 3.91. The van der Waals surface area contributed by atoms with Gasteiger partial charge in [-0.2, -0.15) is 13.2 Å². The van der Waals surface area contributed by atoms with E-state index >= 15 is 0 Å². The lowest BCUT2D eigenvalue weighted by Crippen LogP contribution is -2.24. The Morgan fingerprint density at radius 2 is 1.50 bits per heavy atom. The van der Waals surface area contributed by atoms with E-state index in [0.717, 1.165) is 17.2 Å². The molecule has 5 heteroatoms. The number of anilines is 1.